The van der Waals surface area contributed by atoms with Crippen LogP contribution in [-0.2, 0) is 14.3 Å². The van der Waals surface area contributed by atoms with Crippen LogP contribution in [0, 0.1) is 0 Å². The second kappa shape index (κ2) is 9.87. The Bertz CT molecular complexity index is 451. The SMILES string of the molecule is CCCCOCCOC(=O)[C@@H](C)Oc1ccc(Cl)cc1Cl. The van der Waals surface area contributed by atoms with Gasteiger partial charge in [0.1, 0.15) is 12.4 Å². The molecule has 6 heteroatoms. The quantitative estimate of drug-likeness (QED) is 0.503. The lowest BCUT2D eigenvalue weighted by Gasteiger charge is -2.15. The van der Waals surface area contributed by atoms with E-state index in [0.29, 0.717) is 29.0 Å². The maximum Gasteiger partial charge on any atom is 0.347 e. The molecule has 0 aliphatic rings. The number of hydrogen-bond donors (Lipinski definition) is 0. The molecule has 0 fully saturated rings. The highest BCUT2D eigenvalue weighted by Crippen LogP contribution is 2.28. The predicted molar refractivity (Wildman–Crippen MR) is 83.2 cm³/mol. The largest absolute Gasteiger partial charge is 0.477 e. The number of halogens is 2. The van der Waals surface area contributed by atoms with E-state index < -0.39 is 12.1 Å². The van der Waals surface area contributed by atoms with Crippen LogP contribution in [0.4, 0.5) is 0 Å². The van der Waals surface area contributed by atoms with Crippen molar-refractivity contribution in [2.24, 2.45) is 0 Å². The Hall–Kier alpha value is -0.970. The molecule has 0 aliphatic carbocycles. The van der Waals surface area contributed by atoms with Gasteiger partial charge in [-0.05, 0) is 31.5 Å². The lowest BCUT2D eigenvalue weighted by Crippen LogP contribution is -2.27. The van der Waals surface area contributed by atoms with Gasteiger partial charge in [-0.25, -0.2) is 4.79 Å². The standard InChI is InChI=1S/C15H20Cl2O4/c1-3-4-7-19-8-9-20-15(18)11(2)21-14-6-5-12(16)10-13(14)17/h5-6,10-11H,3-4,7-9H2,1-2H3/t11-/m1/s1. The lowest BCUT2D eigenvalue weighted by molar-refractivity contribution is -0.152. The van der Waals surface area contributed by atoms with E-state index >= 15 is 0 Å². The van der Waals surface area contributed by atoms with E-state index in [9.17, 15) is 4.79 Å². The Morgan fingerprint density at radius 3 is 2.67 bits per heavy atom. The monoisotopic (exact) mass is 334 g/mol. The number of benzene rings is 1. The summed E-state index contributed by atoms with van der Waals surface area (Å²) in [6, 6.07) is 4.81. The van der Waals surface area contributed by atoms with Crippen molar-refractivity contribution in [1.82, 2.24) is 0 Å². The number of hydrogen-bond acceptors (Lipinski definition) is 4. The molecule has 1 aromatic rings. The fraction of sp³-hybridized carbons (Fsp3) is 0.533. The zero-order valence-corrected chi connectivity index (χ0v) is 13.7. The summed E-state index contributed by atoms with van der Waals surface area (Å²) in [5.74, 6) is -0.0650. The summed E-state index contributed by atoms with van der Waals surface area (Å²) >= 11 is 11.8. The van der Waals surface area contributed by atoms with Crippen LogP contribution in [-0.4, -0.2) is 31.9 Å². The van der Waals surface area contributed by atoms with E-state index in [0.717, 1.165) is 12.8 Å². The van der Waals surface area contributed by atoms with Crippen LogP contribution in [0.1, 0.15) is 26.7 Å². The average molecular weight is 335 g/mol. The van der Waals surface area contributed by atoms with Crippen LogP contribution in [0.3, 0.4) is 0 Å². The van der Waals surface area contributed by atoms with Crippen molar-refractivity contribution < 1.29 is 19.0 Å². The van der Waals surface area contributed by atoms with Crippen molar-refractivity contribution >= 4 is 29.2 Å². The minimum absolute atomic E-state index is 0.213. The van der Waals surface area contributed by atoms with E-state index in [2.05, 4.69) is 6.92 Å². The maximum absolute atomic E-state index is 11.7. The summed E-state index contributed by atoms with van der Waals surface area (Å²) < 4.78 is 15.8. The molecule has 0 unspecified atom stereocenters. The number of esters is 1. The Morgan fingerprint density at radius 1 is 1.24 bits per heavy atom. The first-order chi connectivity index (χ1) is 10.0. The van der Waals surface area contributed by atoms with Gasteiger partial charge in [0.15, 0.2) is 6.10 Å². The molecule has 0 radical (unpaired) electrons. The van der Waals surface area contributed by atoms with Crippen molar-refractivity contribution in [3.05, 3.63) is 28.2 Å². The molecule has 0 heterocycles. The van der Waals surface area contributed by atoms with Gasteiger partial charge in [-0.15, -0.1) is 0 Å². The smallest absolute Gasteiger partial charge is 0.347 e. The van der Waals surface area contributed by atoms with Gasteiger partial charge in [-0.2, -0.15) is 0 Å². The summed E-state index contributed by atoms with van der Waals surface area (Å²) in [6.45, 7) is 4.97. The molecule has 0 spiro atoms. The van der Waals surface area contributed by atoms with Crippen molar-refractivity contribution in [1.29, 1.82) is 0 Å². The van der Waals surface area contributed by atoms with Gasteiger partial charge in [-0.3, -0.25) is 0 Å². The van der Waals surface area contributed by atoms with Gasteiger partial charge >= 0.3 is 5.97 Å². The molecular formula is C15H20Cl2O4. The van der Waals surface area contributed by atoms with Crippen molar-refractivity contribution in [3.8, 4) is 5.75 Å². The lowest BCUT2D eigenvalue weighted by atomic mass is 10.3. The van der Waals surface area contributed by atoms with E-state index in [1.807, 2.05) is 0 Å². The fourth-order valence-corrected chi connectivity index (χ4v) is 1.93. The average Bonchev–Trinajstić information content (AvgIpc) is 2.45. The molecule has 1 atom stereocenters. The Morgan fingerprint density at radius 2 is 2.00 bits per heavy atom. The Balaban J connectivity index is 2.30. The molecule has 4 nitrogen and oxygen atoms in total. The van der Waals surface area contributed by atoms with Crippen molar-refractivity contribution in [3.63, 3.8) is 0 Å². The van der Waals surface area contributed by atoms with Crippen molar-refractivity contribution in [2.75, 3.05) is 19.8 Å². The van der Waals surface area contributed by atoms with E-state index in [4.69, 9.17) is 37.4 Å². The van der Waals surface area contributed by atoms with Gasteiger partial charge in [0.25, 0.3) is 0 Å². The normalized spacial score (nSPS) is 12.0. The minimum atomic E-state index is -0.751. The topological polar surface area (TPSA) is 44.8 Å². The summed E-state index contributed by atoms with van der Waals surface area (Å²) in [6.07, 6.45) is 1.33. The molecule has 0 saturated heterocycles. The molecule has 0 bridgehead atoms. The second-order valence-corrected chi connectivity index (χ2v) is 5.31. The van der Waals surface area contributed by atoms with Gasteiger partial charge < -0.3 is 14.2 Å². The van der Waals surface area contributed by atoms with Gasteiger partial charge in [0.2, 0.25) is 0 Å². The first kappa shape index (κ1) is 18.1. The maximum atomic E-state index is 11.7. The van der Waals surface area contributed by atoms with Crippen LogP contribution < -0.4 is 4.74 Å². The van der Waals surface area contributed by atoms with Gasteiger partial charge in [-0.1, -0.05) is 36.5 Å². The first-order valence-corrected chi connectivity index (χ1v) is 7.66. The molecule has 1 aromatic carbocycles. The zero-order valence-electron chi connectivity index (χ0n) is 12.2. The summed E-state index contributed by atoms with van der Waals surface area (Å²) in [5.41, 5.74) is 0. The van der Waals surface area contributed by atoms with Crippen LogP contribution in [0.15, 0.2) is 18.2 Å². The summed E-state index contributed by atoms with van der Waals surface area (Å²) in [7, 11) is 0. The van der Waals surface area contributed by atoms with Crippen molar-refractivity contribution in [2.45, 2.75) is 32.8 Å². The molecule has 1 rings (SSSR count). The number of carbonyl (C=O) groups excluding carboxylic acids is 1. The van der Waals surface area contributed by atoms with Gasteiger partial charge in [0.05, 0.1) is 11.6 Å². The molecule has 0 N–H and O–H groups in total. The zero-order chi connectivity index (χ0) is 15.7. The molecular weight excluding hydrogens is 315 g/mol. The van der Waals surface area contributed by atoms with Crippen LogP contribution in [0.25, 0.3) is 0 Å². The molecule has 118 valence electrons. The Kier molecular flexibility index (Phi) is 8.50. The third kappa shape index (κ3) is 7.02. The molecule has 0 aromatic heterocycles. The summed E-state index contributed by atoms with van der Waals surface area (Å²) in [5, 5.41) is 0.858. The number of unbranched alkanes of at least 4 members (excludes halogenated alkanes) is 1. The second-order valence-electron chi connectivity index (χ2n) is 4.47. The van der Waals surface area contributed by atoms with E-state index in [-0.39, 0.29) is 6.61 Å². The Labute approximate surface area is 135 Å². The molecule has 21 heavy (non-hydrogen) atoms. The van der Waals surface area contributed by atoms with E-state index in [1.54, 1.807) is 25.1 Å². The first-order valence-electron chi connectivity index (χ1n) is 6.90. The summed E-state index contributed by atoms with van der Waals surface area (Å²) in [4.78, 5) is 11.7. The minimum Gasteiger partial charge on any atom is -0.477 e. The van der Waals surface area contributed by atoms with Gasteiger partial charge in [0, 0.05) is 11.6 Å². The van der Waals surface area contributed by atoms with Crippen LogP contribution in [0.2, 0.25) is 10.0 Å². The fourth-order valence-electron chi connectivity index (χ4n) is 1.48. The molecule has 0 aliphatic heterocycles. The number of carbonyl (C=O) groups is 1. The highest BCUT2D eigenvalue weighted by molar-refractivity contribution is 6.35. The number of ether oxygens (including phenoxy) is 3. The third-order valence-electron chi connectivity index (χ3n) is 2.64. The molecule has 0 amide bonds. The molecule has 0 saturated carbocycles. The van der Waals surface area contributed by atoms with Crippen LogP contribution >= 0.6 is 23.2 Å². The van der Waals surface area contributed by atoms with E-state index in [1.165, 1.54) is 0 Å². The predicted octanol–water partition coefficient (Wildman–Crippen LogP) is 4.12. The third-order valence-corrected chi connectivity index (χ3v) is 3.17. The number of rotatable bonds is 9. The highest BCUT2D eigenvalue weighted by Gasteiger charge is 2.17. The van der Waals surface area contributed by atoms with Crippen LogP contribution in [0.5, 0.6) is 5.75 Å². The highest BCUT2D eigenvalue weighted by atomic mass is 35.5.